The van der Waals surface area contributed by atoms with E-state index in [9.17, 15) is 8.42 Å². The second-order valence-electron chi connectivity index (χ2n) is 6.94. The maximum Gasteiger partial charge on any atom is 0.236 e. The maximum atomic E-state index is 12.9. The molecule has 0 saturated carbocycles. The van der Waals surface area contributed by atoms with Crippen molar-refractivity contribution in [3.05, 3.63) is 58.5 Å². The third-order valence-corrected chi connectivity index (χ3v) is 6.80. The lowest BCUT2D eigenvalue weighted by atomic mass is 9.98. The number of allylic oxidation sites excluding steroid dienone is 1. The summed E-state index contributed by atoms with van der Waals surface area (Å²) in [6.07, 6.45) is 7.78. The molecule has 2 aliphatic rings. The topological polar surface area (TPSA) is 73.2 Å². The van der Waals surface area contributed by atoms with E-state index in [2.05, 4.69) is 15.8 Å². The highest BCUT2D eigenvalue weighted by Gasteiger charge is 2.30. The van der Waals surface area contributed by atoms with Crippen LogP contribution < -0.4 is 4.72 Å². The molecule has 1 saturated heterocycles. The summed E-state index contributed by atoms with van der Waals surface area (Å²) < 4.78 is 36.4. The Morgan fingerprint density at radius 2 is 2.12 bits per heavy atom. The first-order chi connectivity index (χ1) is 12.5. The van der Waals surface area contributed by atoms with Crippen LogP contribution in [-0.2, 0) is 28.2 Å². The Morgan fingerprint density at radius 3 is 2.92 bits per heavy atom. The summed E-state index contributed by atoms with van der Waals surface area (Å²) in [7, 11) is -1.57. The van der Waals surface area contributed by atoms with Gasteiger partial charge in [0.1, 0.15) is 6.10 Å². The number of rotatable bonds is 4. The van der Waals surface area contributed by atoms with E-state index >= 15 is 0 Å². The van der Waals surface area contributed by atoms with Crippen LogP contribution in [0.2, 0.25) is 0 Å². The summed E-state index contributed by atoms with van der Waals surface area (Å²) in [5.41, 5.74) is 3.17. The number of hydrogen-bond acceptors (Lipinski definition) is 4. The average Bonchev–Trinajstić information content (AvgIpc) is 3.07. The molecule has 138 valence electrons. The number of hydrogen-bond donors (Lipinski definition) is 1. The van der Waals surface area contributed by atoms with Gasteiger partial charge in [0.05, 0.1) is 23.1 Å². The van der Waals surface area contributed by atoms with Crippen LogP contribution in [0.4, 0.5) is 0 Å². The molecular formula is C19H23N3O3S. The largest absolute Gasteiger partial charge is 0.372 e. The fourth-order valence-corrected chi connectivity index (χ4v) is 5.16. The van der Waals surface area contributed by atoms with Gasteiger partial charge < -0.3 is 9.30 Å². The summed E-state index contributed by atoms with van der Waals surface area (Å²) in [5.74, 6) is 0. The number of nitrogens with zero attached hydrogens (tertiary/aromatic N) is 2. The van der Waals surface area contributed by atoms with E-state index in [0.29, 0.717) is 30.8 Å². The minimum absolute atomic E-state index is 0.133. The van der Waals surface area contributed by atoms with E-state index in [-0.39, 0.29) is 12.1 Å². The van der Waals surface area contributed by atoms with E-state index in [0.717, 1.165) is 17.7 Å². The second kappa shape index (κ2) is 6.98. The molecule has 1 N–H and O–H groups in total. The minimum atomic E-state index is -3.49. The van der Waals surface area contributed by atoms with Gasteiger partial charge in [-0.25, -0.2) is 18.1 Å². The minimum Gasteiger partial charge on any atom is -0.372 e. The van der Waals surface area contributed by atoms with Crippen molar-refractivity contribution in [3.63, 3.8) is 0 Å². The fraction of sp³-hybridized carbons (Fsp3) is 0.421. The molecule has 1 aliphatic heterocycles. The molecule has 0 amide bonds. The standard InChI is InChI=1S/C19H23N3O3S/c1-22-13-20-12-18(22)19-11-16(8-9-25-19)21-26(23,24)17-7-6-14-4-2-3-5-15(14)10-17/h2-5,10,12-13,16,19,21H,6-9,11H2,1H3/t16-,19-/m0/s1. The van der Waals surface area contributed by atoms with Crippen molar-refractivity contribution >= 4 is 16.1 Å². The lowest BCUT2D eigenvalue weighted by Gasteiger charge is -2.30. The van der Waals surface area contributed by atoms with Crippen molar-refractivity contribution in [1.29, 1.82) is 0 Å². The fourth-order valence-electron chi connectivity index (χ4n) is 3.70. The van der Waals surface area contributed by atoms with Gasteiger partial charge in [-0.05, 0) is 42.9 Å². The number of benzene rings is 1. The predicted octanol–water partition coefficient (Wildman–Crippen LogP) is 2.55. The molecule has 2 atom stereocenters. The number of aromatic nitrogens is 2. The molecule has 26 heavy (non-hydrogen) atoms. The zero-order valence-corrected chi connectivity index (χ0v) is 15.6. The molecule has 1 aliphatic carbocycles. The van der Waals surface area contributed by atoms with Crippen molar-refractivity contribution in [1.82, 2.24) is 14.3 Å². The van der Waals surface area contributed by atoms with Gasteiger partial charge in [-0.3, -0.25) is 0 Å². The average molecular weight is 373 g/mol. The predicted molar refractivity (Wildman–Crippen MR) is 99.7 cm³/mol. The van der Waals surface area contributed by atoms with E-state index in [1.165, 1.54) is 5.56 Å². The highest BCUT2D eigenvalue weighted by molar-refractivity contribution is 7.93. The first-order valence-corrected chi connectivity index (χ1v) is 10.4. The summed E-state index contributed by atoms with van der Waals surface area (Å²) >= 11 is 0. The highest BCUT2D eigenvalue weighted by Crippen LogP contribution is 2.30. The molecule has 0 unspecified atom stereocenters. The van der Waals surface area contributed by atoms with Crippen LogP contribution in [-0.4, -0.2) is 30.6 Å². The Kier molecular flexibility index (Phi) is 4.69. The number of sulfonamides is 1. The number of nitrogens with one attached hydrogen (secondary N) is 1. The normalized spacial score (nSPS) is 23.3. The smallest absolute Gasteiger partial charge is 0.236 e. The lowest BCUT2D eigenvalue weighted by molar-refractivity contribution is -0.0000110. The van der Waals surface area contributed by atoms with Gasteiger partial charge in [0.2, 0.25) is 10.0 Å². The molecule has 7 heteroatoms. The quantitative estimate of drug-likeness (QED) is 0.894. The van der Waals surface area contributed by atoms with Crippen LogP contribution in [0.1, 0.15) is 42.2 Å². The molecule has 0 radical (unpaired) electrons. The molecule has 1 aromatic carbocycles. The Labute approximate surface area is 153 Å². The van der Waals surface area contributed by atoms with Gasteiger partial charge in [-0.1, -0.05) is 24.3 Å². The summed E-state index contributed by atoms with van der Waals surface area (Å²) in [6, 6.07) is 7.82. The molecule has 6 nitrogen and oxygen atoms in total. The first kappa shape index (κ1) is 17.5. The highest BCUT2D eigenvalue weighted by atomic mass is 32.2. The van der Waals surface area contributed by atoms with Gasteiger partial charge in [0, 0.05) is 19.7 Å². The molecule has 2 heterocycles. The second-order valence-corrected chi connectivity index (χ2v) is 8.71. The molecular weight excluding hydrogens is 350 g/mol. The van der Waals surface area contributed by atoms with E-state index in [4.69, 9.17) is 4.74 Å². The van der Waals surface area contributed by atoms with Crippen LogP contribution in [0.3, 0.4) is 0 Å². The van der Waals surface area contributed by atoms with Crippen molar-refractivity contribution in [3.8, 4) is 0 Å². The van der Waals surface area contributed by atoms with Gasteiger partial charge >= 0.3 is 0 Å². The van der Waals surface area contributed by atoms with E-state index < -0.39 is 10.0 Å². The first-order valence-electron chi connectivity index (χ1n) is 8.91. The SMILES string of the molecule is Cn1cncc1[C@@H]1C[C@@H](NS(=O)(=O)C2=Cc3ccccc3CC2)CCO1. The third kappa shape index (κ3) is 3.47. The van der Waals surface area contributed by atoms with Crippen LogP contribution >= 0.6 is 0 Å². The summed E-state index contributed by atoms with van der Waals surface area (Å²) in [5, 5.41) is 0. The number of imidazole rings is 1. The summed E-state index contributed by atoms with van der Waals surface area (Å²) in [4.78, 5) is 4.60. The monoisotopic (exact) mass is 373 g/mol. The zero-order chi connectivity index (χ0) is 18.1. The Bertz CT molecular complexity index is 933. The molecule has 4 rings (SSSR count). The Hall–Kier alpha value is -1.96. The zero-order valence-electron chi connectivity index (χ0n) is 14.8. The molecule has 0 bridgehead atoms. The number of aryl methyl sites for hydroxylation is 2. The molecule has 1 fully saturated rings. The Morgan fingerprint density at radius 1 is 1.27 bits per heavy atom. The molecule has 0 spiro atoms. The summed E-state index contributed by atoms with van der Waals surface area (Å²) in [6.45, 7) is 0.533. The van der Waals surface area contributed by atoms with E-state index in [1.54, 1.807) is 18.6 Å². The van der Waals surface area contributed by atoms with Crippen molar-refractivity contribution in [2.75, 3.05) is 6.61 Å². The molecule has 1 aromatic heterocycles. The van der Waals surface area contributed by atoms with Crippen LogP contribution in [0, 0.1) is 0 Å². The number of ether oxygens (including phenoxy) is 1. The van der Waals surface area contributed by atoms with Gasteiger partial charge in [0.25, 0.3) is 0 Å². The van der Waals surface area contributed by atoms with Crippen molar-refractivity contribution in [2.24, 2.45) is 7.05 Å². The van der Waals surface area contributed by atoms with E-state index in [1.807, 2.05) is 29.8 Å². The lowest BCUT2D eigenvalue weighted by Crippen LogP contribution is -2.40. The van der Waals surface area contributed by atoms with Crippen LogP contribution in [0.15, 0.2) is 41.7 Å². The van der Waals surface area contributed by atoms with Crippen molar-refractivity contribution < 1.29 is 13.2 Å². The van der Waals surface area contributed by atoms with Crippen LogP contribution in [0.25, 0.3) is 6.08 Å². The third-order valence-electron chi connectivity index (χ3n) is 5.15. The molecule has 2 aromatic rings. The maximum absolute atomic E-state index is 12.9. The van der Waals surface area contributed by atoms with Gasteiger partial charge in [-0.2, -0.15) is 0 Å². The van der Waals surface area contributed by atoms with Crippen molar-refractivity contribution in [2.45, 2.75) is 37.8 Å². The van der Waals surface area contributed by atoms with Gasteiger partial charge in [0.15, 0.2) is 0 Å². The van der Waals surface area contributed by atoms with Crippen LogP contribution in [0.5, 0.6) is 0 Å². The number of fused-ring (bicyclic) bond motifs is 1. The Balaban J connectivity index is 1.50. The van der Waals surface area contributed by atoms with Gasteiger partial charge in [-0.15, -0.1) is 0 Å².